The van der Waals surface area contributed by atoms with Crippen molar-refractivity contribution in [2.45, 2.75) is 6.42 Å². The third kappa shape index (κ3) is 16.5. The molecule has 0 bridgehead atoms. The van der Waals surface area contributed by atoms with Gasteiger partial charge in [-0.05, 0) is 17.2 Å². The van der Waals surface area contributed by atoms with E-state index in [0.29, 0.717) is 10.8 Å². The van der Waals surface area contributed by atoms with Crippen LogP contribution in [0.25, 0.3) is 0 Å². The first-order valence-corrected chi connectivity index (χ1v) is 8.00. The first-order valence-electron chi connectivity index (χ1n) is 3.00. The molecule has 0 unspecified atom stereocenters. The minimum absolute atomic E-state index is 0. The van der Waals surface area contributed by atoms with E-state index in [1.165, 1.54) is 0 Å². The first kappa shape index (κ1) is 17.2. The Bertz CT molecular complexity index is 284. The van der Waals surface area contributed by atoms with Gasteiger partial charge < -0.3 is 0 Å². The Morgan fingerprint density at radius 1 is 1.23 bits per heavy atom. The van der Waals surface area contributed by atoms with Crippen molar-refractivity contribution in [2.24, 2.45) is 0 Å². The van der Waals surface area contributed by atoms with E-state index in [4.69, 9.17) is 4.55 Å². The van der Waals surface area contributed by atoms with E-state index in [1.54, 1.807) is 0 Å². The molecule has 0 aromatic carbocycles. The van der Waals surface area contributed by atoms with Crippen molar-refractivity contribution in [3.05, 3.63) is 0 Å². The van der Waals surface area contributed by atoms with E-state index in [2.05, 4.69) is 0 Å². The summed E-state index contributed by atoms with van der Waals surface area (Å²) >= 11 is 0. The predicted octanol–water partition coefficient (Wildman–Crippen LogP) is -3.04. The Labute approximate surface area is 125 Å². The topological polar surface area (TPSA) is 88.5 Å². The molecule has 0 rings (SSSR count). The summed E-state index contributed by atoms with van der Waals surface area (Å²) in [7, 11) is -6.38. The predicted molar refractivity (Wildman–Crippen MR) is 48.3 cm³/mol. The fourth-order valence-electron chi connectivity index (χ4n) is 0.452. The monoisotopic (exact) mass is 273 g/mol. The molecule has 5 nitrogen and oxygen atoms in total. The van der Waals surface area contributed by atoms with E-state index < -0.39 is 24.7 Å². The second kappa shape index (κ2) is 7.17. The third-order valence-electron chi connectivity index (χ3n) is 0.844. The molecule has 0 aliphatic heterocycles. The summed E-state index contributed by atoms with van der Waals surface area (Å²) in [5.74, 6) is -0.214. The van der Waals surface area contributed by atoms with Crippen LogP contribution in [0.15, 0.2) is 0 Å². The van der Waals surface area contributed by atoms with Crippen LogP contribution < -0.4 is 51.4 Å². The van der Waals surface area contributed by atoms with Crippen LogP contribution in [-0.4, -0.2) is 39.1 Å². The Morgan fingerprint density at radius 3 is 2.00 bits per heavy atom. The van der Waals surface area contributed by atoms with Gasteiger partial charge in [0.25, 0.3) is 10.1 Å². The molecular formula is C4H10KO5S3+. The normalized spacial score (nSPS) is 12.2. The van der Waals surface area contributed by atoms with Crippen molar-refractivity contribution < 1.29 is 72.8 Å². The molecule has 0 aliphatic carbocycles. The summed E-state index contributed by atoms with van der Waals surface area (Å²) in [4.78, 5) is 0. The Morgan fingerprint density at radius 2 is 1.69 bits per heavy atom. The van der Waals surface area contributed by atoms with Crippen molar-refractivity contribution in [1.29, 1.82) is 0 Å². The fraction of sp³-hybridized carbons (Fsp3) is 1.00. The zero-order valence-electron chi connectivity index (χ0n) is 7.43. The molecule has 0 saturated heterocycles. The number of hydrogen-bond donors (Lipinski definition) is 1. The third-order valence-corrected chi connectivity index (χ3v) is 4.32. The molecular weight excluding hydrogens is 263 g/mol. The quantitative estimate of drug-likeness (QED) is 0.248. The van der Waals surface area contributed by atoms with E-state index in [-0.39, 0.29) is 63.6 Å². The standard InChI is InChI=1S/C4H10O5S3.K/c1-11(5,6)10-3-2-4-12(7,8)9;/h2-4H2,1H3,(H,7,8,9);/q;+1. The van der Waals surface area contributed by atoms with Gasteiger partial charge in [-0.1, -0.05) is 0 Å². The summed E-state index contributed by atoms with van der Waals surface area (Å²) < 4.78 is 49.6. The van der Waals surface area contributed by atoms with E-state index >= 15 is 0 Å². The van der Waals surface area contributed by atoms with E-state index in [0.717, 1.165) is 6.26 Å². The molecule has 0 radical (unpaired) electrons. The minimum Gasteiger partial charge on any atom is -0.286 e. The Balaban J connectivity index is 0. The van der Waals surface area contributed by atoms with Gasteiger partial charge in [-0.3, -0.25) is 4.55 Å². The van der Waals surface area contributed by atoms with Gasteiger partial charge in [0.2, 0.25) is 0 Å². The molecule has 0 spiro atoms. The van der Waals surface area contributed by atoms with Gasteiger partial charge >= 0.3 is 51.4 Å². The van der Waals surface area contributed by atoms with Crippen LogP contribution in [0.4, 0.5) is 0 Å². The molecule has 0 aromatic heterocycles. The van der Waals surface area contributed by atoms with Crippen molar-refractivity contribution >= 4 is 29.8 Å². The zero-order valence-corrected chi connectivity index (χ0v) is 13.0. The van der Waals surface area contributed by atoms with Gasteiger partial charge in [-0.2, -0.15) is 8.42 Å². The number of rotatable bonds is 5. The Hall–Kier alpha value is 1.85. The van der Waals surface area contributed by atoms with Gasteiger partial charge in [0.15, 0.2) is 8.87 Å². The van der Waals surface area contributed by atoms with E-state index in [1.807, 2.05) is 0 Å². The molecule has 0 fully saturated rings. The maximum absolute atomic E-state index is 10.5. The molecule has 0 aliphatic rings. The molecule has 1 N–H and O–H groups in total. The maximum atomic E-state index is 10.5. The molecule has 0 heterocycles. The van der Waals surface area contributed by atoms with Crippen molar-refractivity contribution in [2.75, 3.05) is 17.8 Å². The van der Waals surface area contributed by atoms with Crippen LogP contribution in [0, 0.1) is 0 Å². The SMILES string of the molecule is CS(=O)(=O)SCCCS(=O)(=O)O.[K+]. The van der Waals surface area contributed by atoms with Gasteiger partial charge in [0.1, 0.15) is 0 Å². The van der Waals surface area contributed by atoms with Crippen LogP contribution in [0.2, 0.25) is 0 Å². The van der Waals surface area contributed by atoms with Crippen LogP contribution in [0.5, 0.6) is 0 Å². The second-order valence-corrected chi connectivity index (χ2v) is 8.31. The molecule has 0 atom stereocenters. The summed E-state index contributed by atoms with van der Waals surface area (Å²) in [6.45, 7) is 0. The van der Waals surface area contributed by atoms with Gasteiger partial charge in [-0.15, -0.1) is 0 Å². The summed E-state index contributed by atoms with van der Waals surface area (Å²) in [6, 6.07) is 0. The second-order valence-electron chi connectivity index (χ2n) is 2.17. The number of hydrogen-bond acceptors (Lipinski definition) is 5. The summed E-state index contributed by atoms with van der Waals surface area (Å²) in [5, 5.41) is 0. The average Bonchev–Trinajstić information content (AvgIpc) is 1.76. The fourth-order valence-corrected chi connectivity index (χ4v) is 2.97. The molecule has 13 heavy (non-hydrogen) atoms. The van der Waals surface area contributed by atoms with E-state index in [9.17, 15) is 16.8 Å². The summed E-state index contributed by atoms with van der Waals surface area (Å²) in [6.07, 6.45) is 1.18. The molecule has 0 amide bonds. The van der Waals surface area contributed by atoms with Crippen molar-refractivity contribution in [1.82, 2.24) is 0 Å². The van der Waals surface area contributed by atoms with Crippen molar-refractivity contribution in [3.8, 4) is 0 Å². The summed E-state index contributed by atoms with van der Waals surface area (Å²) in [5.41, 5.74) is 0. The molecule has 0 saturated carbocycles. The average molecular weight is 273 g/mol. The van der Waals surface area contributed by atoms with Gasteiger partial charge in [-0.25, -0.2) is 8.42 Å². The minimum atomic E-state index is -3.95. The smallest absolute Gasteiger partial charge is 0.286 e. The van der Waals surface area contributed by atoms with Gasteiger partial charge in [0, 0.05) is 12.0 Å². The maximum Gasteiger partial charge on any atom is 1.00 e. The molecule has 0 aromatic rings. The van der Waals surface area contributed by atoms with Crippen LogP contribution >= 0.6 is 10.8 Å². The van der Waals surface area contributed by atoms with Crippen LogP contribution in [-0.2, 0) is 19.0 Å². The Kier molecular flexibility index (Phi) is 9.52. The molecule has 74 valence electrons. The van der Waals surface area contributed by atoms with Crippen molar-refractivity contribution in [3.63, 3.8) is 0 Å². The zero-order chi connectivity index (χ0) is 9.83. The largest absolute Gasteiger partial charge is 1.00 e. The molecule has 9 heteroatoms. The van der Waals surface area contributed by atoms with Gasteiger partial charge in [0.05, 0.1) is 5.75 Å². The first-order chi connectivity index (χ1) is 5.21. The van der Waals surface area contributed by atoms with Crippen LogP contribution in [0.1, 0.15) is 6.42 Å². The van der Waals surface area contributed by atoms with Crippen LogP contribution in [0.3, 0.4) is 0 Å².